The summed E-state index contributed by atoms with van der Waals surface area (Å²) in [5.74, 6) is 1.49. The van der Waals surface area contributed by atoms with Crippen LogP contribution in [-0.4, -0.2) is 29.2 Å². The predicted molar refractivity (Wildman–Crippen MR) is 130 cm³/mol. The van der Waals surface area contributed by atoms with Crippen molar-refractivity contribution in [3.8, 4) is 11.5 Å². The summed E-state index contributed by atoms with van der Waals surface area (Å²) in [5, 5.41) is 8.21. The number of urea groups is 1. The molecule has 3 aromatic carbocycles. The van der Waals surface area contributed by atoms with E-state index in [4.69, 9.17) is 4.74 Å². The first kappa shape index (κ1) is 21.3. The molecule has 1 aliphatic carbocycles. The normalized spacial score (nSPS) is 12.1. The Hall–Kier alpha value is -4.53. The number of aromatic nitrogens is 2. The van der Waals surface area contributed by atoms with E-state index in [2.05, 4.69) is 36.7 Å². The summed E-state index contributed by atoms with van der Waals surface area (Å²) in [6.07, 6.45) is 2.74. The molecule has 3 amide bonds. The minimum absolute atomic E-state index is 0.285. The molecule has 4 aromatic rings. The van der Waals surface area contributed by atoms with Crippen LogP contribution in [0.25, 0.3) is 11.0 Å². The largest absolute Gasteiger partial charge is 0.457 e. The average Bonchev–Trinajstić information content (AvgIpc) is 3.45. The van der Waals surface area contributed by atoms with Gasteiger partial charge in [0.2, 0.25) is 5.95 Å². The monoisotopic (exact) mass is 457 g/mol. The Balaban J connectivity index is 1.19. The van der Waals surface area contributed by atoms with Gasteiger partial charge in [0.15, 0.2) is 0 Å². The Labute approximate surface area is 195 Å². The Bertz CT molecular complexity index is 1360. The van der Waals surface area contributed by atoms with E-state index in [1.807, 2.05) is 12.1 Å². The van der Waals surface area contributed by atoms with Gasteiger partial charge in [-0.2, -0.15) is 0 Å². The standard InChI is InChI=1S/C25H23N5O4/c1-33-25(32)30-23-28-21-12-11-20(14-22(21)29-23)34-19-9-7-17(8-10-19)26-24(31)27-18-6-5-15-3-2-4-16(15)13-18/h5-14H,2-4H2,1H3,(H2,26,27,31)(H2,28,29,30,32). The molecule has 0 radical (unpaired) electrons. The van der Waals surface area contributed by atoms with Crippen LogP contribution in [0.1, 0.15) is 17.5 Å². The number of benzene rings is 3. The zero-order valence-corrected chi connectivity index (χ0v) is 18.5. The van der Waals surface area contributed by atoms with E-state index in [1.54, 1.807) is 42.5 Å². The number of fused-ring (bicyclic) bond motifs is 2. The fourth-order valence-electron chi connectivity index (χ4n) is 3.94. The SMILES string of the molecule is COC(=O)Nc1nc2ccc(Oc3ccc(NC(=O)Nc4ccc5c(c4)CCC5)cc3)cc2[nH]1. The molecule has 0 aliphatic heterocycles. The van der Waals surface area contributed by atoms with Gasteiger partial charge in [0, 0.05) is 17.4 Å². The van der Waals surface area contributed by atoms with E-state index < -0.39 is 6.09 Å². The molecule has 1 heterocycles. The molecule has 0 spiro atoms. The molecule has 34 heavy (non-hydrogen) atoms. The molecule has 0 atom stereocenters. The number of ether oxygens (including phenoxy) is 2. The van der Waals surface area contributed by atoms with Crippen LogP contribution < -0.4 is 20.7 Å². The number of rotatable bonds is 5. The summed E-state index contributed by atoms with van der Waals surface area (Å²) < 4.78 is 10.5. The second kappa shape index (κ2) is 9.14. The van der Waals surface area contributed by atoms with Gasteiger partial charge < -0.3 is 25.1 Å². The first-order chi connectivity index (χ1) is 16.6. The van der Waals surface area contributed by atoms with E-state index in [-0.39, 0.29) is 12.0 Å². The predicted octanol–water partition coefficient (Wildman–Crippen LogP) is 5.67. The summed E-state index contributed by atoms with van der Waals surface area (Å²) in [4.78, 5) is 31.0. The van der Waals surface area contributed by atoms with Gasteiger partial charge >= 0.3 is 12.1 Å². The second-order valence-corrected chi connectivity index (χ2v) is 7.92. The number of aromatic amines is 1. The summed E-state index contributed by atoms with van der Waals surface area (Å²) in [6, 6.07) is 18.2. The molecule has 0 fully saturated rings. The van der Waals surface area contributed by atoms with Gasteiger partial charge in [0.05, 0.1) is 18.1 Å². The molecule has 0 saturated carbocycles. The smallest absolute Gasteiger partial charge is 0.413 e. The van der Waals surface area contributed by atoms with Gasteiger partial charge in [-0.1, -0.05) is 6.07 Å². The number of aryl methyl sites for hydroxylation is 2. The van der Waals surface area contributed by atoms with E-state index in [0.717, 1.165) is 18.5 Å². The second-order valence-electron chi connectivity index (χ2n) is 7.92. The van der Waals surface area contributed by atoms with Crippen molar-refractivity contribution in [1.82, 2.24) is 9.97 Å². The van der Waals surface area contributed by atoms with Gasteiger partial charge in [-0.15, -0.1) is 0 Å². The van der Waals surface area contributed by atoms with Crippen LogP contribution in [-0.2, 0) is 17.6 Å². The number of nitrogens with zero attached hydrogens (tertiary/aromatic N) is 1. The number of carbonyl (C=O) groups is 2. The highest BCUT2D eigenvalue weighted by molar-refractivity contribution is 5.99. The lowest BCUT2D eigenvalue weighted by Crippen LogP contribution is -2.19. The number of amides is 3. The third-order valence-corrected chi connectivity index (χ3v) is 5.56. The van der Waals surface area contributed by atoms with Crippen molar-refractivity contribution in [2.75, 3.05) is 23.1 Å². The summed E-state index contributed by atoms with van der Waals surface area (Å²) >= 11 is 0. The van der Waals surface area contributed by atoms with Gasteiger partial charge in [-0.05, 0) is 78.9 Å². The highest BCUT2D eigenvalue weighted by Crippen LogP contribution is 2.27. The van der Waals surface area contributed by atoms with Crippen LogP contribution in [0.4, 0.5) is 26.9 Å². The van der Waals surface area contributed by atoms with Gasteiger partial charge in [-0.25, -0.2) is 14.6 Å². The Morgan fingerprint density at radius 2 is 1.59 bits per heavy atom. The summed E-state index contributed by atoms with van der Waals surface area (Å²) in [6.45, 7) is 0. The quantitative estimate of drug-likeness (QED) is 0.308. The molecule has 0 saturated heterocycles. The maximum atomic E-state index is 12.4. The lowest BCUT2D eigenvalue weighted by molar-refractivity contribution is 0.186. The molecular weight excluding hydrogens is 434 g/mol. The molecule has 0 bridgehead atoms. The third kappa shape index (κ3) is 4.78. The molecule has 1 aliphatic rings. The molecule has 9 nitrogen and oxygen atoms in total. The molecule has 5 rings (SSSR count). The van der Waals surface area contributed by atoms with Crippen molar-refractivity contribution in [2.45, 2.75) is 19.3 Å². The van der Waals surface area contributed by atoms with E-state index in [9.17, 15) is 9.59 Å². The molecule has 1 aromatic heterocycles. The number of hydrogen-bond donors (Lipinski definition) is 4. The van der Waals surface area contributed by atoms with Crippen molar-refractivity contribution in [3.63, 3.8) is 0 Å². The van der Waals surface area contributed by atoms with E-state index in [1.165, 1.54) is 24.7 Å². The summed E-state index contributed by atoms with van der Waals surface area (Å²) in [5.41, 5.74) is 5.49. The molecular formula is C25H23N5O4. The number of anilines is 3. The minimum atomic E-state index is -0.606. The van der Waals surface area contributed by atoms with Crippen LogP contribution in [0.5, 0.6) is 11.5 Å². The highest BCUT2D eigenvalue weighted by Gasteiger charge is 2.12. The van der Waals surface area contributed by atoms with Crippen molar-refractivity contribution in [3.05, 3.63) is 71.8 Å². The van der Waals surface area contributed by atoms with Crippen LogP contribution in [0.2, 0.25) is 0 Å². The van der Waals surface area contributed by atoms with Crippen molar-refractivity contribution in [1.29, 1.82) is 0 Å². The first-order valence-electron chi connectivity index (χ1n) is 10.9. The fourth-order valence-corrected chi connectivity index (χ4v) is 3.94. The summed E-state index contributed by atoms with van der Waals surface area (Å²) in [7, 11) is 1.28. The van der Waals surface area contributed by atoms with Gasteiger partial charge in [0.25, 0.3) is 0 Å². The maximum absolute atomic E-state index is 12.4. The van der Waals surface area contributed by atoms with Crippen molar-refractivity contribution >= 4 is 40.5 Å². The number of hydrogen-bond acceptors (Lipinski definition) is 5. The lowest BCUT2D eigenvalue weighted by Gasteiger charge is -2.10. The van der Waals surface area contributed by atoms with E-state index >= 15 is 0 Å². The van der Waals surface area contributed by atoms with E-state index in [0.29, 0.717) is 28.2 Å². The fraction of sp³-hybridized carbons (Fsp3) is 0.160. The van der Waals surface area contributed by atoms with Crippen LogP contribution >= 0.6 is 0 Å². The topological polar surface area (TPSA) is 117 Å². The molecule has 9 heteroatoms. The Morgan fingerprint density at radius 3 is 2.41 bits per heavy atom. The number of nitrogens with one attached hydrogen (secondary N) is 4. The maximum Gasteiger partial charge on any atom is 0.413 e. The zero-order chi connectivity index (χ0) is 23.5. The minimum Gasteiger partial charge on any atom is -0.457 e. The van der Waals surface area contributed by atoms with Gasteiger partial charge in [0.1, 0.15) is 11.5 Å². The van der Waals surface area contributed by atoms with Crippen molar-refractivity contribution in [2.24, 2.45) is 0 Å². The Kier molecular flexibility index (Phi) is 5.73. The van der Waals surface area contributed by atoms with Gasteiger partial charge in [-0.3, -0.25) is 5.32 Å². The number of imidazole rings is 1. The zero-order valence-electron chi connectivity index (χ0n) is 18.5. The number of carbonyl (C=O) groups excluding carboxylic acids is 2. The van der Waals surface area contributed by atoms with Crippen LogP contribution in [0, 0.1) is 0 Å². The first-order valence-corrected chi connectivity index (χ1v) is 10.9. The van der Waals surface area contributed by atoms with Crippen molar-refractivity contribution < 1.29 is 19.1 Å². The highest BCUT2D eigenvalue weighted by atomic mass is 16.5. The number of methoxy groups -OCH3 is 1. The lowest BCUT2D eigenvalue weighted by atomic mass is 10.1. The third-order valence-electron chi connectivity index (χ3n) is 5.56. The molecule has 0 unspecified atom stereocenters. The number of H-pyrrole nitrogens is 1. The van der Waals surface area contributed by atoms with Crippen LogP contribution in [0.3, 0.4) is 0 Å². The molecule has 172 valence electrons. The van der Waals surface area contributed by atoms with Crippen LogP contribution in [0.15, 0.2) is 60.7 Å². The Morgan fingerprint density at radius 1 is 0.853 bits per heavy atom. The average molecular weight is 457 g/mol. The molecule has 4 N–H and O–H groups in total.